The molecule has 0 unspecified atom stereocenters. The molecule has 2 aliphatic heterocycles. The first-order valence-corrected chi connectivity index (χ1v) is 9.09. The molecule has 2 heterocycles. The van der Waals surface area contributed by atoms with Gasteiger partial charge in [-0.3, -0.25) is 0 Å². The van der Waals surface area contributed by atoms with Crippen LogP contribution in [-0.4, -0.2) is 104 Å². The molecule has 10 nitrogen and oxygen atoms in total. The summed E-state index contributed by atoms with van der Waals surface area (Å²) in [6, 6.07) is 0. The summed E-state index contributed by atoms with van der Waals surface area (Å²) in [5, 5.41) is 60.2. The average Bonchev–Trinajstić information content (AvgIpc) is 2.99. The number of aliphatic hydroxyl groups excluding tert-OH is 6. The van der Waals surface area contributed by atoms with Crippen molar-refractivity contribution in [2.75, 3.05) is 19.8 Å². The van der Waals surface area contributed by atoms with E-state index in [0.717, 1.165) is 0 Å². The van der Waals surface area contributed by atoms with E-state index >= 15 is 0 Å². The first-order chi connectivity index (χ1) is 12.4. The molecule has 0 aromatic rings. The van der Waals surface area contributed by atoms with Gasteiger partial charge in [0.15, 0.2) is 0 Å². The molecule has 0 aromatic carbocycles. The van der Waals surface area contributed by atoms with Crippen molar-refractivity contribution in [3.05, 3.63) is 0 Å². The Labute approximate surface area is 158 Å². The lowest BCUT2D eigenvalue weighted by Gasteiger charge is -2.40. The fourth-order valence-corrected chi connectivity index (χ4v) is 3.46. The van der Waals surface area contributed by atoms with Crippen LogP contribution in [0.4, 0.5) is 0 Å². The molecule has 27 heavy (non-hydrogen) atoms. The minimum absolute atomic E-state index is 0.372. The summed E-state index contributed by atoms with van der Waals surface area (Å²) in [4.78, 5) is 0. The lowest BCUT2D eigenvalue weighted by Crippen LogP contribution is -2.57. The lowest BCUT2D eigenvalue weighted by atomic mass is 10.0. The van der Waals surface area contributed by atoms with E-state index in [0.29, 0.717) is 6.42 Å². The van der Waals surface area contributed by atoms with E-state index in [4.69, 9.17) is 18.9 Å². The highest BCUT2D eigenvalue weighted by molar-refractivity contribution is 5.00. The van der Waals surface area contributed by atoms with Gasteiger partial charge in [0.2, 0.25) is 11.6 Å². The van der Waals surface area contributed by atoms with Gasteiger partial charge in [0.25, 0.3) is 0 Å². The molecule has 0 amide bonds. The Bertz CT molecular complexity index is 497. The SMILES string of the molecule is CC[C@@H]1O[C@](CO)(OC[C@@]2(OC(C)(C)C)O[C@H](CO)[C@@H](O)[C@H]2O)[C@H](O)[C@@H]1O. The van der Waals surface area contributed by atoms with E-state index in [2.05, 4.69) is 0 Å². The fourth-order valence-electron chi connectivity index (χ4n) is 3.46. The summed E-state index contributed by atoms with van der Waals surface area (Å²) in [7, 11) is 0. The topological polar surface area (TPSA) is 158 Å². The molecular formula is C17H32O10. The number of ether oxygens (including phenoxy) is 4. The Morgan fingerprint density at radius 3 is 1.81 bits per heavy atom. The van der Waals surface area contributed by atoms with Crippen LogP contribution in [0.3, 0.4) is 0 Å². The summed E-state index contributed by atoms with van der Waals surface area (Å²) in [6.07, 6.45) is -7.32. The van der Waals surface area contributed by atoms with Gasteiger partial charge in [0, 0.05) is 0 Å². The van der Waals surface area contributed by atoms with Gasteiger partial charge in [0.05, 0.1) is 18.3 Å². The maximum absolute atomic E-state index is 10.5. The third-order valence-electron chi connectivity index (χ3n) is 4.81. The van der Waals surface area contributed by atoms with Crippen LogP contribution in [0.15, 0.2) is 0 Å². The zero-order valence-electron chi connectivity index (χ0n) is 16.1. The minimum Gasteiger partial charge on any atom is -0.394 e. The molecule has 0 bridgehead atoms. The highest BCUT2D eigenvalue weighted by Crippen LogP contribution is 2.40. The second-order valence-electron chi connectivity index (χ2n) is 8.06. The molecule has 2 aliphatic rings. The zero-order chi connectivity index (χ0) is 20.6. The van der Waals surface area contributed by atoms with Crippen LogP contribution >= 0.6 is 0 Å². The second-order valence-corrected chi connectivity index (χ2v) is 8.06. The first-order valence-electron chi connectivity index (χ1n) is 9.09. The molecule has 0 aliphatic carbocycles. The summed E-state index contributed by atoms with van der Waals surface area (Å²) in [5.41, 5.74) is -0.832. The second kappa shape index (κ2) is 8.15. The van der Waals surface area contributed by atoms with Crippen molar-refractivity contribution in [2.24, 2.45) is 0 Å². The van der Waals surface area contributed by atoms with Crippen LogP contribution in [0.5, 0.6) is 0 Å². The maximum Gasteiger partial charge on any atom is 0.222 e. The van der Waals surface area contributed by atoms with E-state index < -0.39 is 73.6 Å². The Kier molecular flexibility index (Phi) is 6.91. The molecule has 10 heteroatoms. The highest BCUT2D eigenvalue weighted by atomic mass is 16.8. The third kappa shape index (κ3) is 4.30. The summed E-state index contributed by atoms with van der Waals surface area (Å²) < 4.78 is 22.6. The van der Waals surface area contributed by atoms with Gasteiger partial charge in [-0.25, -0.2) is 0 Å². The summed E-state index contributed by atoms with van der Waals surface area (Å²) in [6.45, 7) is 4.96. The molecule has 6 N–H and O–H groups in total. The monoisotopic (exact) mass is 396 g/mol. The number of hydrogen-bond donors (Lipinski definition) is 6. The Hall–Kier alpha value is -0.400. The van der Waals surface area contributed by atoms with Gasteiger partial charge in [-0.2, -0.15) is 0 Å². The Balaban J connectivity index is 2.26. The van der Waals surface area contributed by atoms with E-state index in [1.165, 1.54) is 0 Å². The van der Waals surface area contributed by atoms with E-state index in [1.807, 2.05) is 0 Å². The average molecular weight is 396 g/mol. The van der Waals surface area contributed by atoms with Gasteiger partial charge in [-0.15, -0.1) is 0 Å². The summed E-state index contributed by atoms with van der Waals surface area (Å²) >= 11 is 0. The highest BCUT2D eigenvalue weighted by Gasteiger charge is 2.60. The first kappa shape index (κ1) is 22.9. The van der Waals surface area contributed by atoms with Crippen LogP contribution in [0.2, 0.25) is 0 Å². The lowest BCUT2D eigenvalue weighted by molar-refractivity contribution is -0.355. The molecule has 2 rings (SSSR count). The van der Waals surface area contributed by atoms with E-state index in [9.17, 15) is 30.6 Å². The number of aliphatic hydroxyl groups is 6. The molecule has 0 saturated carbocycles. The van der Waals surface area contributed by atoms with E-state index in [-0.39, 0.29) is 0 Å². The van der Waals surface area contributed by atoms with Crippen molar-refractivity contribution in [1.29, 1.82) is 0 Å². The quantitative estimate of drug-likeness (QED) is 0.280. The van der Waals surface area contributed by atoms with Crippen LogP contribution in [0.1, 0.15) is 34.1 Å². The van der Waals surface area contributed by atoms with Gasteiger partial charge < -0.3 is 49.6 Å². The molecule has 0 radical (unpaired) electrons. The van der Waals surface area contributed by atoms with Crippen LogP contribution < -0.4 is 0 Å². The largest absolute Gasteiger partial charge is 0.394 e. The van der Waals surface area contributed by atoms with Gasteiger partial charge >= 0.3 is 0 Å². The zero-order valence-corrected chi connectivity index (χ0v) is 16.1. The van der Waals surface area contributed by atoms with Crippen LogP contribution in [0, 0.1) is 0 Å². The van der Waals surface area contributed by atoms with Crippen molar-refractivity contribution < 1.29 is 49.6 Å². The molecule has 2 saturated heterocycles. The van der Waals surface area contributed by atoms with Crippen molar-refractivity contribution in [3.63, 3.8) is 0 Å². The standard InChI is InChI=1S/C17H32O10/c1-5-9-11(20)13(22)16(7-19,25-9)24-8-17(27-15(2,3)4)14(23)12(21)10(6-18)26-17/h9-14,18-23H,5-8H2,1-4H3/t9-,10+,11+,12+,13+,14+,16-,17-/m0/s1. The van der Waals surface area contributed by atoms with Crippen molar-refractivity contribution in [3.8, 4) is 0 Å². The number of hydrogen-bond acceptors (Lipinski definition) is 10. The molecule has 0 aromatic heterocycles. The fraction of sp³-hybridized carbons (Fsp3) is 1.00. The van der Waals surface area contributed by atoms with Gasteiger partial charge in [-0.1, -0.05) is 6.92 Å². The third-order valence-corrected chi connectivity index (χ3v) is 4.81. The van der Waals surface area contributed by atoms with Crippen LogP contribution in [-0.2, 0) is 18.9 Å². The Morgan fingerprint density at radius 2 is 1.41 bits per heavy atom. The predicted octanol–water partition coefficient (Wildman–Crippen LogP) is -2.15. The normalized spacial score (nSPS) is 45.6. The minimum atomic E-state index is -1.94. The van der Waals surface area contributed by atoms with Crippen molar-refractivity contribution >= 4 is 0 Å². The molecular weight excluding hydrogens is 364 g/mol. The predicted molar refractivity (Wildman–Crippen MR) is 90.5 cm³/mol. The van der Waals surface area contributed by atoms with Gasteiger partial charge in [-0.05, 0) is 27.2 Å². The van der Waals surface area contributed by atoms with Crippen molar-refractivity contribution in [1.82, 2.24) is 0 Å². The van der Waals surface area contributed by atoms with Crippen LogP contribution in [0.25, 0.3) is 0 Å². The molecule has 8 atom stereocenters. The smallest absolute Gasteiger partial charge is 0.222 e. The summed E-state index contributed by atoms with van der Waals surface area (Å²) in [5.74, 6) is -3.83. The molecule has 160 valence electrons. The molecule has 0 spiro atoms. The Morgan fingerprint density at radius 1 is 0.889 bits per heavy atom. The molecule has 2 fully saturated rings. The van der Waals surface area contributed by atoms with Crippen molar-refractivity contribution in [2.45, 2.75) is 87.9 Å². The number of rotatable bonds is 7. The maximum atomic E-state index is 10.5. The van der Waals surface area contributed by atoms with E-state index in [1.54, 1.807) is 27.7 Å². The van der Waals surface area contributed by atoms with Gasteiger partial charge in [0.1, 0.15) is 43.7 Å².